The zero-order valence-electron chi connectivity index (χ0n) is 16.3. The lowest BCUT2D eigenvalue weighted by molar-refractivity contribution is 0.663. The number of hydrogen-bond acceptors (Lipinski definition) is 1. The van der Waals surface area contributed by atoms with Gasteiger partial charge in [0.25, 0.3) is 0 Å². The lowest BCUT2D eigenvalue weighted by atomic mass is 10.0. The average molecular weight is 341 g/mol. The van der Waals surface area contributed by atoms with Crippen LogP contribution in [-0.2, 0) is 6.42 Å². The van der Waals surface area contributed by atoms with Gasteiger partial charge in [0.1, 0.15) is 0 Å². The van der Waals surface area contributed by atoms with E-state index < -0.39 is 0 Å². The minimum absolute atomic E-state index is 1.20. The van der Waals surface area contributed by atoms with Crippen LogP contribution < -0.4 is 0 Å². The highest BCUT2D eigenvalue weighted by molar-refractivity contribution is 7.99. The summed E-state index contributed by atoms with van der Waals surface area (Å²) in [6.45, 7) is 13.4. The van der Waals surface area contributed by atoms with Crippen LogP contribution in [0.25, 0.3) is 0 Å². The van der Waals surface area contributed by atoms with Crippen LogP contribution >= 0.6 is 11.8 Å². The largest absolute Gasteiger partial charge is 0.0892 e. The molecule has 0 N–H and O–H groups in total. The molecule has 1 heteroatoms. The molecule has 0 nitrogen and oxygen atoms in total. The van der Waals surface area contributed by atoms with Gasteiger partial charge in [0.2, 0.25) is 0 Å². The van der Waals surface area contributed by atoms with Gasteiger partial charge in [-0.15, -0.1) is 0 Å². The fourth-order valence-electron chi connectivity index (χ4n) is 3.32. The summed E-state index contributed by atoms with van der Waals surface area (Å²) in [6.07, 6.45) is 6.50. The molecule has 0 spiro atoms. The Morgan fingerprint density at radius 3 is 1.96 bits per heavy atom. The molecule has 24 heavy (non-hydrogen) atoms. The molecule has 0 fully saturated rings. The summed E-state index contributed by atoms with van der Waals surface area (Å²) >= 11 is 1.96. The number of benzene rings is 2. The number of hydrogen-bond donors (Lipinski definition) is 0. The van der Waals surface area contributed by atoms with Crippen LogP contribution in [0.2, 0.25) is 0 Å². The van der Waals surface area contributed by atoms with Crippen molar-refractivity contribution in [1.29, 1.82) is 0 Å². The van der Waals surface area contributed by atoms with Gasteiger partial charge in [-0.1, -0.05) is 61.7 Å². The Morgan fingerprint density at radius 2 is 1.33 bits per heavy atom. The van der Waals surface area contributed by atoms with Crippen LogP contribution in [0, 0.1) is 34.6 Å². The van der Waals surface area contributed by atoms with Gasteiger partial charge in [-0.25, -0.2) is 0 Å². The first-order chi connectivity index (χ1) is 11.4. The zero-order valence-corrected chi connectivity index (χ0v) is 17.1. The lowest BCUT2D eigenvalue weighted by Gasteiger charge is -2.16. The van der Waals surface area contributed by atoms with E-state index in [1.54, 1.807) is 0 Å². The lowest BCUT2D eigenvalue weighted by Crippen LogP contribution is -1.95. The molecular formula is C23H32S. The molecule has 0 bridgehead atoms. The molecule has 0 saturated carbocycles. The van der Waals surface area contributed by atoms with Gasteiger partial charge in [-0.2, -0.15) is 0 Å². The van der Waals surface area contributed by atoms with Crippen molar-refractivity contribution in [2.24, 2.45) is 0 Å². The van der Waals surface area contributed by atoms with Crippen molar-refractivity contribution in [3.8, 4) is 0 Å². The van der Waals surface area contributed by atoms with Crippen molar-refractivity contribution >= 4 is 11.8 Å². The van der Waals surface area contributed by atoms with Crippen LogP contribution in [0.1, 0.15) is 66.0 Å². The summed E-state index contributed by atoms with van der Waals surface area (Å²) < 4.78 is 0. The van der Waals surface area contributed by atoms with Gasteiger partial charge in [0.05, 0.1) is 0 Å². The second-order valence-corrected chi connectivity index (χ2v) is 8.24. The zero-order chi connectivity index (χ0) is 17.7. The van der Waals surface area contributed by atoms with E-state index in [1.165, 1.54) is 75.3 Å². The topological polar surface area (TPSA) is 0 Å². The highest BCUT2D eigenvalue weighted by Gasteiger charge is 2.11. The Bertz CT molecular complexity index is 674. The molecular weight excluding hydrogens is 308 g/mol. The smallest absolute Gasteiger partial charge is 0.0181 e. The fourth-order valence-corrected chi connectivity index (χ4v) is 4.51. The third-order valence-corrected chi connectivity index (χ3v) is 6.24. The molecule has 2 rings (SSSR count). The third kappa shape index (κ3) is 4.89. The Hall–Kier alpha value is -1.21. The summed E-state index contributed by atoms with van der Waals surface area (Å²) in [5, 5.41) is 0. The first kappa shape index (κ1) is 19.1. The molecule has 0 aromatic heterocycles. The summed E-state index contributed by atoms with van der Waals surface area (Å²) in [5.41, 5.74) is 8.49. The standard InChI is InChI=1S/C23H32S/c1-7-8-9-10-11-21-14-17(3)18(4)15-22(21)24-23-19(5)12-16(2)13-20(23)6/h12-15H,7-11H2,1-6H3. The predicted molar refractivity (Wildman–Crippen MR) is 109 cm³/mol. The maximum atomic E-state index is 2.42. The first-order valence-corrected chi connectivity index (χ1v) is 10.1. The molecule has 2 aromatic rings. The summed E-state index contributed by atoms with van der Waals surface area (Å²) in [5.74, 6) is 0. The van der Waals surface area contributed by atoms with Gasteiger partial charge < -0.3 is 0 Å². The monoisotopic (exact) mass is 340 g/mol. The molecule has 0 saturated heterocycles. The van der Waals surface area contributed by atoms with E-state index in [9.17, 15) is 0 Å². The van der Waals surface area contributed by atoms with Crippen molar-refractivity contribution in [3.63, 3.8) is 0 Å². The minimum Gasteiger partial charge on any atom is -0.0892 e. The summed E-state index contributed by atoms with van der Waals surface area (Å²) in [6, 6.07) is 9.42. The molecule has 130 valence electrons. The SMILES string of the molecule is CCCCCCc1cc(C)c(C)cc1Sc1c(C)cc(C)cc1C. The van der Waals surface area contributed by atoms with Gasteiger partial charge >= 0.3 is 0 Å². The Morgan fingerprint density at radius 1 is 0.708 bits per heavy atom. The average Bonchev–Trinajstić information content (AvgIpc) is 2.51. The Labute approximate surface area is 153 Å². The second-order valence-electron chi connectivity index (χ2n) is 7.18. The van der Waals surface area contributed by atoms with E-state index >= 15 is 0 Å². The van der Waals surface area contributed by atoms with Crippen molar-refractivity contribution in [1.82, 2.24) is 0 Å². The van der Waals surface area contributed by atoms with E-state index in [1.807, 2.05) is 11.8 Å². The van der Waals surface area contributed by atoms with E-state index in [0.717, 1.165) is 0 Å². The summed E-state index contributed by atoms with van der Waals surface area (Å²) in [7, 11) is 0. The van der Waals surface area contributed by atoms with Crippen LogP contribution in [0.15, 0.2) is 34.1 Å². The van der Waals surface area contributed by atoms with Crippen LogP contribution in [0.4, 0.5) is 0 Å². The Kier molecular flexibility index (Phi) is 6.98. The van der Waals surface area contributed by atoms with Crippen LogP contribution in [0.5, 0.6) is 0 Å². The number of unbranched alkanes of at least 4 members (excludes halogenated alkanes) is 3. The number of rotatable bonds is 7. The number of aryl methyl sites for hydroxylation is 6. The molecule has 0 aliphatic heterocycles. The van der Waals surface area contributed by atoms with Gasteiger partial charge in [0.15, 0.2) is 0 Å². The van der Waals surface area contributed by atoms with Crippen LogP contribution in [0.3, 0.4) is 0 Å². The maximum absolute atomic E-state index is 2.42. The first-order valence-electron chi connectivity index (χ1n) is 9.28. The van der Waals surface area contributed by atoms with Gasteiger partial charge in [-0.3, -0.25) is 0 Å². The molecule has 0 atom stereocenters. The molecule has 0 radical (unpaired) electrons. The van der Waals surface area contributed by atoms with Crippen molar-refractivity contribution in [2.45, 2.75) is 83.4 Å². The minimum atomic E-state index is 1.20. The van der Waals surface area contributed by atoms with Crippen molar-refractivity contribution < 1.29 is 0 Å². The molecule has 0 aliphatic rings. The molecule has 0 unspecified atom stereocenters. The van der Waals surface area contributed by atoms with E-state index in [-0.39, 0.29) is 0 Å². The van der Waals surface area contributed by atoms with Gasteiger partial charge in [-0.05, 0) is 81.3 Å². The highest BCUT2D eigenvalue weighted by Crippen LogP contribution is 2.37. The quantitative estimate of drug-likeness (QED) is 0.470. The molecule has 0 heterocycles. The van der Waals surface area contributed by atoms with E-state index in [2.05, 4.69) is 65.8 Å². The molecule has 2 aromatic carbocycles. The normalized spacial score (nSPS) is 11.1. The fraction of sp³-hybridized carbons (Fsp3) is 0.478. The second kappa shape index (κ2) is 8.76. The molecule has 0 amide bonds. The van der Waals surface area contributed by atoms with E-state index in [4.69, 9.17) is 0 Å². The Balaban J connectivity index is 2.30. The van der Waals surface area contributed by atoms with Crippen molar-refractivity contribution in [2.75, 3.05) is 0 Å². The third-order valence-electron chi connectivity index (χ3n) is 4.79. The molecule has 0 aliphatic carbocycles. The van der Waals surface area contributed by atoms with Crippen molar-refractivity contribution in [3.05, 3.63) is 57.6 Å². The van der Waals surface area contributed by atoms with E-state index in [0.29, 0.717) is 0 Å². The predicted octanol–water partition coefficient (Wildman–Crippen LogP) is 7.50. The highest BCUT2D eigenvalue weighted by atomic mass is 32.2. The summed E-state index contributed by atoms with van der Waals surface area (Å²) in [4.78, 5) is 2.88. The maximum Gasteiger partial charge on any atom is 0.0181 e. The van der Waals surface area contributed by atoms with Gasteiger partial charge in [0, 0.05) is 9.79 Å². The van der Waals surface area contributed by atoms with Crippen LogP contribution in [-0.4, -0.2) is 0 Å².